The molecule has 1 aliphatic rings. The quantitative estimate of drug-likeness (QED) is 0.209. The van der Waals surface area contributed by atoms with Crippen LogP contribution < -0.4 is 0 Å². The fourth-order valence-corrected chi connectivity index (χ4v) is 7.07. The molecule has 0 saturated carbocycles. The minimum absolute atomic E-state index is 0.154. The Balaban J connectivity index is 1.24. The molecule has 208 valence electrons. The smallest absolute Gasteiger partial charge is 0.0952 e. The lowest BCUT2D eigenvalue weighted by molar-refractivity contribution is 0.647. The first kappa shape index (κ1) is 24.9. The van der Waals surface area contributed by atoms with E-state index >= 15 is 0 Å². The van der Waals surface area contributed by atoms with Crippen molar-refractivity contribution < 1.29 is 0 Å². The number of pyridine rings is 1. The first-order valence-electron chi connectivity index (χ1n) is 15.3. The van der Waals surface area contributed by atoms with Gasteiger partial charge in [0.25, 0.3) is 0 Å². The van der Waals surface area contributed by atoms with Crippen LogP contribution in [-0.2, 0) is 0 Å². The number of para-hydroxylation sites is 3. The summed E-state index contributed by atoms with van der Waals surface area (Å²) in [4.78, 5) is 5.35. The van der Waals surface area contributed by atoms with Crippen molar-refractivity contribution >= 4 is 49.3 Å². The molecule has 9 rings (SSSR count). The Morgan fingerprint density at radius 2 is 1.09 bits per heavy atom. The third kappa shape index (κ3) is 3.79. The number of allylic oxidation sites excluding steroid dienone is 4. The molecule has 0 fully saturated rings. The molecule has 1 atom stereocenters. The second kappa shape index (κ2) is 9.96. The van der Waals surface area contributed by atoms with Gasteiger partial charge in [-0.2, -0.15) is 0 Å². The van der Waals surface area contributed by atoms with Crippen LogP contribution in [0.15, 0.2) is 158 Å². The Morgan fingerprint density at radius 3 is 1.70 bits per heavy atom. The maximum Gasteiger partial charge on any atom is 0.0952 e. The fourth-order valence-electron chi connectivity index (χ4n) is 7.07. The molecule has 0 radical (unpaired) electrons. The maximum absolute atomic E-state index is 5.35. The largest absolute Gasteiger partial charge is 0.331 e. The topological polar surface area (TPSA) is 22.8 Å². The van der Waals surface area contributed by atoms with E-state index in [2.05, 4.69) is 167 Å². The minimum Gasteiger partial charge on any atom is -0.331 e. The van der Waals surface area contributed by atoms with Gasteiger partial charge in [0, 0.05) is 43.9 Å². The number of hydrogen-bond donors (Lipinski definition) is 0. The van der Waals surface area contributed by atoms with E-state index in [-0.39, 0.29) is 6.04 Å². The lowest BCUT2D eigenvalue weighted by Gasteiger charge is -2.22. The molecule has 0 amide bonds. The Morgan fingerprint density at radius 1 is 0.545 bits per heavy atom. The SMILES string of the molecule is C1=CC(n2c3ccccc3c3cc(-c4ccccc4)nc(-c4ccccc4)c32)CC=C1n1c2ccccc2c2ccccc21. The highest BCUT2D eigenvalue weighted by Gasteiger charge is 2.23. The minimum atomic E-state index is 0.154. The Kier molecular flexibility index (Phi) is 5.63. The molecule has 0 aliphatic heterocycles. The second-order valence-electron chi connectivity index (χ2n) is 11.5. The van der Waals surface area contributed by atoms with Crippen molar-refractivity contribution in [2.75, 3.05) is 0 Å². The Labute approximate surface area is 255 Å². The number of benzene rings is 5. The van der Waals surface area contributed by atoms with Crippen LogP contribution in [-0.4, -0.2) is 14.1 Å². The molecule has 0 saturated heterocycles. The molecule has 3 aromatic heterocycles. The average molecular weight is 564 g/mol. The van der Waals surface area contributed by atoms with Crippen LogP contribution in [0.25, 0.3) is 71.8 Å². The monoisotopic (exact) mass is 563 g/mol. The van der Waals surface area contributed by atoms with E-state index in [1.807, 2.05) is 0 Å². The zero-order valence-corrected chi connectivity index (χ0v) is 24.1. The number of rotatable bonds is 4. The zero-order chi connectivity index (χ0) is 29.0. The molecule has 3 heterocycles. The van der Waals surface area contributed by atoms with E-state index < -0.39 is 0 Å². The van der Waals surface area contributed by atoms with Gasteiger partial charge in [0.1, 0.15) is 0 Å². The summed E-state index contributed by atoms with van der Waals surface area (Å²) in [5.74, 6) is 0. The number of hydrogen-bond acceptors (Lipinski definition) is 1. The molecule has 44 heavy (non-hydrogen) atoms. The molecule has 0 bridgehead atoms. The summed E-state index contributed by atoms with van der Waals surface area (Å²) in [6.45, 7) is 0. The van der Waals surface area contributed by atoms with Crippen molar-refractivity contribution in [2.24, 2.45) is 0 Å². The van der Waals surface area contributed by atoms with Crippen LogP contribution in [0.1, 0.15) is 12.5 Å². The molecule has 5 aromatic carbocycles. The third-order valence-corrected chi connectivity index (χ3v) is 9.03. The average Bonchev–Trinajstić information content (AvgIpc) is 3.62. The van der Waals surface area contributed by atoms with Gasteiger partial charge in [-0.05, 0) is 36.8 Å². The van der Waals surface area contributed by atoms with Gasteiger partial charge in [-0.3, -0.25) is 0 Å². The fraction of sp³-hybridized carbons (Fsp3) is 0.0488. The van der Waals surface area contributed by atoms with E-state index in [9.17, 15) is 0 Å². The molecule has 0 N–H and O–H groups in total. The number of nitrogens with zero attached hydrogens (tertiary/aromatic N) is 3. The normalized spacial score (nSPS) is 15.0. The lowest BCUT2D eigenvalue weighted by atomic mass is 10.0. The predicted molar refractivity (Wildman–Crippen MR) is 185 cm³/mol. The summed E-state index contributed by atoms with van der Waals surface area (Å²) in [5, 5.41) is 5.06. The van der Waals surface area contributed by atoms with E-state index in [0.29, 0.717) is 0 Å². The molecule has 8 aromatic rings. The highest BCUT2D eigenvalue weighted by molar-refractivity contribution is 6.13. The molecular weight excluding hydrogens is 534 g/mol. The van der Waals surface area contributed by atoms with Gasteiger partial charge in [-0.1, -0.05) is 127 Å². The van der Waals surface area contributed by atoms with Gasteiger partial charge in [0.05, 0.1) is 34.0 Å². The number of aromatic nitrogens is 3. The summed E-state index contributed by atoms with van der Waals surface area (Å²) in [6, 6.07) is 49.8. The Bertz CT molecular complexity index is 2350. The highest BCUT2D eigenvalue weighted by Crippen LogP contribution is 2.42. The van der Waals surface area contributed by atoms with Gasteiger partial charge >= 0.3 is 0 Å². The molecule has 3 heteroatoms. The van der Waals surface area contributed by atoms with E-state index in [4.69, 9.17) is 4.98 Å². The molecule has 1 aliphatic carbocycles. The van der Waals surface area contributed by atoms with Gasteiger partial charge in [0.15, 0.2) is 0 Å². The van der Waals surface area contributed by atoms with Gasteiger partial charge in [-0.15, -0.1) is 0 Å². The van der Waals surface area contributed by atoms with E-state index in [1.54, 1.807) is 0 Å². The summed E-state index contributed by atoms with van der Waals surface area (Å²) in [5.41, 5.74) is 10.4. The summed E-state index contributed by atoms with van der Waals surface area (Å²) in [7, 11) is 0. The summed E-state index contributed by atoms with van der Waals surface area (Å²) in [6.07, 6.45) is 7.97. The van der Waals surface area contributed by atoms with Crippen molar-refractivity contribution in [2.45, 2.75) is 12.5 Å². The van der Waals surface area contributed by atoms with E-state index in [0.717, 1.165) is 28.9 Å². The molecular formula is C41H29N3. The second-order valence-corrected chi connectivity index (χ2v) is 11.5. The van der Waals surface area contributed by atoms with Crippen LogP contribution in [0.2, 0.25) is 0 Å². The van der Waals surface area contributed by atoms with Gasteiger partial charge in [-0.25, -0.2) is 4.98 Å². The summed E-state index contributed by atoms with van der Waals surface area (Å²) >= 11 is 0. The van der Waals surface area contributed by atoms with Gasteiger partial charge in [0.2, 0.25) is 0 Å². The van der Waals surface area contributed by atoms with Crippen molar-refractivity contribution in [3.05, 3.63) is 158 Å². The molecule has 0 spiro atoms. The van der Waals surface area contributed by atoms with Crippen molar-refractivity contribution in [1.82, 2.24) is 14.1 Å². The van der Waals surface area contributed by atoms with Crippen molar-refractivity contribution in [3.8, 4) is 22.5 Å². The Hall–Kier alpha value is -5.67. The van der Waals surface area contributed by atoms with Crippen LogP contribution in [0, 0.1) is 0 Å². The van der Waals surface area contributed by atoms with Crippen LogP contribution in [0.3, 0.4) is 0 Å². The van der Waals surface area contributed by atoms with Crippen LogP contribution >= 0.6 is 0 Å². The predicted octanol–water partition coefficient (Wildman–Crippen LogP) is 10.7. The van der Waals surface area contributed by atoms with Crippen LogP contribution in [0.4, 0.5) is 0 Å². The molecule has 3 nitrogen and oxygen atoms in total. The van der Waals surface area contributed by atoms with Crippen molar-refractivity contribution in [3.63, 3.8) is 0 Å². The number of fused-ring (bicyclic) bond motifs is 6. The van der Waals surface area contributed by atoms with Crippen molar-refractivity contribution in [1.29, 1.82) is 0 Å². The highest BCUT2D eigenvalue weighted by atomic mass is 15.0. The zero-order valence-electron chi connectivity index (χ0n) is 24.1. The molecule has 1 unspecified atom stereocenters. The first-order chi connectivity index (χ1) is 21.8. The standard InChI is InChI=1S/C41H29N3/c1-3-13-28(14-4-1)36-27-35-34-19-9-12-22-39(34)44(41(35)40(42-36)29-15-5-2-6-16-29)31-25-23-30(24-26-31)43-37-20-10-7-17-32(37)33-18-8-11-21-38(33)43/h1-25,27,31H,26H2. The van der Waals surface area contributed by atoms with E-state index in [1.165, 1.54) is 49.3 Å². The van der Waals surface area contributed by atoms with Crippen LogP contribution in [0.5, 0.6) is 0 Å². The lowest BCUT2D eigenvalue weighted by Crippen LogP contribution is -2.10. The third-order valence-electron chi connectivity index (χ3n) is 9.03. The maximum atomic E-state index is 5.35. The first-order valence-corrected chi connectivity index (χ1v) is 15.3. The van der Waals surface area contributed by atoms with Gasteiger partial charge < -0.3 is 9.13 Å². The summed E-state index contributed by atoms with van der Waals surface area (Å²) < 4.78 is 4.93.